The summed E-state index contributed by atoms with van der Waals surface area (Å²) in [4.78, 5) is 0. The lowest BCUT2D eigenvalue weighted by atomic mass is 10.00. The zero-order valence-corrected chi connectivity index (χ0v) is 13.1. The minimum Gasteiger partial charge on any atom is -0.497 e. The Morgan fingerprint density at radius 1 is 1.19 bits per heavy atom. The lowest BCUT2D eigenvalue weighted by Gasteiger charge is -2.19. The lowest BCUT2D eigenvalue weighted by molar-refractivity contribution is 0.391. The lowest BCUT2D eigenvalue weighted by Crippen LogP contribution is -2.23. The molecule has 0 saturated heterocycles. The highest BCUT2D eigenvalue weighted by Crippen LogP contribution is 2.28. The minimum atomic E-state index is 0.197. The van der Waals surface area contributed by atoms with Gasteiger partial charge in [-0.1, -0.05) is 6.92 Å². The second-order valence-corrected chi connectivity index (χ2v) is 4.98. The summed E-state index contributed by atoms with van der Waals surface area (Å²) in [5.74, 6) is 1.61. The van der Waals surface area contributed by atoms with E-state index < -0.39 is 0 Å². The SMILES string of the molecule is CCNC(Cc1cnn(C)c1)c1cc(OC)cc(OC)c1. The molecule has 0 amide bonds. The van der Waals surface area contributed by atoms with E-state index in [9.17, 15) is 0 Å². The van der Waals surface area contributed by atoms with Crippen molar-refractivity contribution in [1.82, 2.24) is 15.1 Å². The van der Waals surface area contributed by atoms with Crippen LogP contribution in [0.4, 0.5) is 0 Å². The molecule has 1 heterocycles. The van der Waals surface area contributed by atoms with Crippen LogP contribution < -0.4 is 14.8 Å². The average molecular weight is 289 g/mol. The van der Waals surface area contributed by atoms with E-state index in [0.29, 0.717) is 0 Å². The van der Waals surface area contributed by atoms with E-state index in [4.69, 9.17) is 9.47 Å². The number of nitrogens with one attached hydrogen (secondary N) is 1. The molecule has 5 heteroatoms. The molecule has 21 heavy (non-hydrogen) atoms. The Labute approximate surface area is 125 Å². The predicted octanol–water partition coefficient (Wildman–Crippen LogP) is 2.33. The average Bonchev–Trinajstić information content (AvgIpc) is 2.91. The van der Waals surface area contributed by atoms with Crippen molar-refractivity contribution in [2.45, 2.75) is 19.4 Å². The molecule has 0 bridgehead atoms. The zero-order chi connectivity index (χ0) is 15.2. The smallest absolute Gasteiger partial charge is 0.122 e. The summed E-state index contributed by atoms with van der Waals surface area (Å²) in [6.07, 6.45) is 4.82. The molecule has 1 N–H and O–H groups in total. The molecule has 2 aromatic rings. The minimum absolute atomic E-state index is 0.197. The van der Waals surface area contributed by atoms with Gasteiger partial charge in [-0.05, 0) is 36.2 Å². The van der Waals surface area contributed by atoms with Crippen LogP contribution in [0.5, 0.6) is 11.5 Å². The van der Waals surface area contributed by atoms with Gasteiger partial charge in [-0.3, -0.25) is 4.68 Å². The molecule has 2 rings (SSSR count). The first kappa shape index (κ1) is 15.4. The van der Waals surface area contributed by atoms with Crippen molar-refractivity contribution in [2.75, 3.05) is 20.8 Å². The summed E-state index contributed by atoms with van der Waals surface area (Å²) in [6.45, 7) is 3.00. The van der Waals surface area contributed by atoms with E-state index >= 15 is 0 Å². The van der Waals surface area contributed by atoms with Gasteiger partial charge in [-0.25, -0.2) is 0 Å². The molecule has 0 radical (unpaired) electrons. The van der Waals surface area contributed by atoms with Gasteiger partial charge in [0.1, 0.15) is 11.5 Å². The van der Waals surface area contributed by atoms with Gasteiger partial charge >= 0.3 is 0 Å². The van der Waals surface area contributed by atoms with Crippen LogP contribution >= 0.6 is 0 Å². The van der Waals surface area contributed by atoms with Gasteiger partial charge in [-0.2, -0.15) is 5.10 Å². The molecule has 0 aliphatic heterocycles. The van der Waals surface area contributed by atoms with Crippen molar-refractivity contribution in [1.29, 1.82) is 0 Å². The fourth-order valence-electron chi connectivity index (χ4n) is 2.40. The highest BCUT2D eigenvalue weighted by molar-refractivity contribution is 5.40. The molecule has 0 fully saturated rings. The first-order valence-electron chi connectivity index (χ1n) is 7.10. The van der Waals surface area contributed by atoms with Crippen molar-refractivity contribution in [3.8, 4) is 11.5 Å². The Morgan fingerprint density at radius 3 is 2.33 bits per heavy atom. The van der Waals surface area contributed by atoms with E-state index in [0.717, 1.165) is 30.0 Å². The topological polar surface area (TPSA) is 48.3 Å². The van der Waals surface area contributed by atoms with Crippen molar-refractivity contribution < 1.29 is 9.47 Å². The second-order valence-electron chi connectivity index (χ2n) is 4.98. The molecular formula is C16H23N3O2. The van der Waals surface area contributed by atoms with Crippen LogP contribution in [0.3, 0.4) is 0 Å². The summed E-state index contributed by atoms with van der Waals surface area (Å²) < 4.78 is 12.5. The largest absolute Gasteiger partial charge is 0.497 e. The van der Waals surface area contributed by atoms with Gasteiger partial charge in [0.2, 0.25) is 0 Å². The highest BCUT2D eigenvalue weighted by Gasteiger charge is 2.14. The third kappa shape index (κ3) is 3.98. The molecule has 0 spiro atoms. The molecule has 0 saturated carbocycles. The number of ether oxygens (including phenoxy) is 2. The summed E-state index contributed by atoms with van der Waals surface area (Å²) >= 11 is 0. The first-order valence-corrected chi connectivity index (χ1v) is 7.10. The molecule has 1 aromatic heterocycles. The van der Waals surface area contributed by atoms with Crippen LogP contribution in [-0.2, 0) is 13.5 Å². The van der Waals surface area contributed by atoms with Crippen molar-refractivity contribution in [3.63, 3.8) is 0 Å². The van der Waals surface area contributed by atoms with E-state index in [2.05, 4.69) is 17.3 Å². The van der Waals surface area contributed by atoms with Crippen LogP contribution in [0.1, 0.15) is 24.1 Å². The van der Waals surface area contributed by atoms with Crippen molar-refractivity contribution >= 4 is 0 Å². The molecule has 114 valence electrons. The fraction of sp³-hybridized carbons (Fsp3) is 0.438. The number of aryl methyl sites for hydroxylation is 1. The number of methoxy groups -OCH3 is 2. The first-order chi connectivity index (χ1) is 10.2. The monoisotopic (exact) mass is 289 g/mol. The van der Waals surface area contributed by atoms with Gasteiger partial charge < -0.3 is 14.8 Å². The number of hydrogen-bond donors (Lipinski definition) is 1. The second kappa shape index (κ2) is 7.13. The standard InChI is InChI=1S/C16H23N3O2/c1-5-17-16(6-12-10-18-19(2)11-12)13-7-14(20-3)9-15(8-13)21-4/h7-11,16-17H,5-6H2,1-4H3. The number of rotatable bonds is 7. The van der Waals surface area contributed by atoms with Crippen LogP contribution in [0.15, 0.2) is 30.6 Å². The van der Waals surface area contributed by atoms with Crippen LogP contribution in [0, 0.1) is 0 Å². The van der Waals surface area contributed by atoms with Crippen LogP contribution in [0.25, 0.3) is 0 Å². The van der Waals surface area contributed by atoms with Gasteiger partial charge in [0.05, 0.1) is 20.4 Å². The maximum Gasteiger partial charge on any atom is 0.122 e. The summed E-state index contributed by atoms with van der Waals surface area (Å²) in [5.41, 5.74) is 2.35. The number of benzene rings is 1. The molecule has 1 atom stereocenters. The Kier molecular flexibility index (Phi) is 5.22. The third-order valence-corrected chi connectivity index (χ3v) is 3.42. The van der Waals surface area contributed by atoms with E-state index in [-0.39, 0.29) is 6.04 Å². The van der Waals surface area contributed by atoms with Crippen LogP contribution in [-0.4, -0.2) is 30.5 Å². The quantitative estimate of drug-likeness (QED) is 0.850. The highest BCUT2D eigenvalue weighted by atomic mass is 16.5. The van der Waals surface area contributed by atoms with Gasteiger partial charge in [0.25, 0.3) is 0 Å². The maximum absolute atomic E-state index is 5.36. The third-order valence-electron chi connectivity index (χ3n) is 3.42. The Bertz CT molecular complexity index is 558. The Balaban J connectivity index is 2.28. The van der Waals surface area contributed by atoms with Crippen LogP contribution in [0.2, 0.25) is 0 Å². The summed E-state index contributed by atoms with van der Waals surface area (Å²) in [6, 6.07) is 6.18. The number of aromatic nitrogens is 2. The fourth-order valence-corrected chi connectivity index (χ4v) is 2.40. The molecule has 5 nitrogen and oxygen atoms in total. The van der Waals surface area contributed by atoms with Gasteiger partial charge in [-0.15, -0.1) is 0 Å². The molecule has 1 aromatic carbocycles. The molecule has 0 aliphatic rings. The predicted molar refractivity (Wildman–Crippen MR) is 82.9 cm³/mol. The number of likely N-dealkylation sites (N-methyl/N-ethyl adjacent to an activating group) is 1. The summed E-state index contributed by atoms with van der Waals surface area (Å²) in [7, 11) is 5.27. The van der Waals surface area contributed by atoms with Crippen molar-refractivity contribution in [3.05, 3.63) is 41.7 Å². The van der Waals surface area contributed by atoms with Gasteiger partial charge in [0, 0.05) is 25.4 Å². The van der Waals surface area contributed by atoms with E-state index in [1.807, 2.05) is 42.3 Å². The normalized spacial score (nSPS) is 12.2. The van der Waals surface area contributed by atoms with E-state index in [1.54, 1.807) is 14.2 Å². The zero-order valence-electron chi connectivity index (χ0n) is 13.1. The molecular weight excluding hydrogens is 266 g/mol. The Hall–Kier alpha value is -2.01. The van der Waals surface area contributed by atoms with Crippen molar-refractivity contribution in [2.24, 2.45) is 7.05 Å². The van der Waals surface area contributed by atoms with Gasteiger partial charge in [0.15, 0.2) is 0 Å². The summed E-state index contributed by atoms with van der Waals surface area (Å²) in [5, 5.41) is 7.74. The maximum atomic E-state index is 5.36. The number of hydrogen-bond acceptors (Lipinski definition) is 4. The molecule has 1 unspecified atom stereocenters. The van der Waals surface area contributed by atoms with E-state index in [1.165, 1.54) is 5.56 Å². The number of nitrogens with zero attached hydrogens (tertiary/aromatic N) is 2. The molecule has 0 aliphatic carbocycles. The Morgan fingerprint density at radius 2 is 1.86 bits per heavy atom.